The van der Waals surface area contributed by atoms with Gasteiger partial charge in [0.05, 0.1) is 6.10 Å². The van der Waals surface area contributed by atoms with E-state index in [1.807, 2.05) is 0 Å². The molecule has 2 aliphatic rings. The van der Waals surface area contributed by atoms with Crippen LogP contribution in [0.4, 0.5) is 0 Å². The zero-order chi connectivity index (χ0) is 10.5. The van der Waals surface area contributed by atoms with Crippen molar-refractivity contribution in [3.63, 3.8) is 0 Å². The maximum absolute atomic E-state index is 5.55. The summed E-state index contributed by atoms with van der Waals surface area (Å²) in [5.74, 6) is 1.31. The van der Waals surface area contributed by atoms with Crippen LogP contribution in [-0.2, 0) is 4.74 Å². The van der Waals surface area contributed by atoms with Crippen LogP contribution < -0.4 is 5.32 Å². The number of rotatable bonds is 7. The Balaban J connectivity index is 1.40. The maximum atomic E-state index is 5.55. The van der Waals surface area contributed by atoms with Gasteiger partial charge in [-0.15, -0.1) is 0 Å². The summed E-state index contributed by atoms with van der Waals surface area (Å²) in [5, 5.41) is 4.33. The lowest BCUT2D eigenvalue weighted by Crippen LogP contribution is -2.18. The van der Waals surface area contributed by atoms with Gasteiger partial charge in [0.1, 0.15) is 0 Å². The van der Waals surface area contributed by atoms with Gasteiger partial charge in [-0.3, -0.25) is 0 Å². The van der Waals surface area contributed by atoms with Gasteiger partial charge in [0, 0.05) is 17.9 Å². The van der Waals surface area contributed by atoms with E-state index in [4.69, 9.17) is 4.74 Å². The standard InChI is InChI=1S/C12H23NOS/c1-10-12(6-8-14-10)15-9-3-2-7-13-11-4-5-11/h10-13H,2-9H2,1H3. The molecule has 0 spiro atoms. The fourth-order valence-electron chi connectivity index (χ4n) is 1.99. The van der Waals surface area contributed by atoms with Gasteiger partial charge in [-0.2, -0.15) is 11.8 Å². The van der Waals surface area contributed by atoms with Crippen LogP contribution in [0.1, 0.15) is 39.0 Å². The Labute approximate surface area is 97.5 Å². The van der Waals surface area contributed by atoms with Crippen LogP contribution in [0.25, 0.3) is 0 Å². The summed E-state index contributed by atoms with van der Waals surface area (Å²) in [6.07, 6.45) is 7.25. The van der Waals surface area contributed by atoms with Crippen molar-refractivity contribution in [1.82, 2.24) is 5.32 Å². The number of hydrogen-bond donors (Lipinski definition) is 1. The molecule has 2 nitrogen and oxygen atoms in total. The molecule has 0 amide bonds. The average molecular weight is 229 g/mol. The zero-order valence-electron chi connectivity index (χ0n) is 9.71. The molecule has 0 aromatic rings. The van der Waals surface area contributed by atoms with Crippen molar-refractivity contribution in [3.05, 3.63) is 0 Å². The Bertz CT molecular complexity index is 184. The van der Waals surface area contributed by atoms with Crippen molar-refractivity contribution in [2.75, 3.05) is 18.9 Å². The normalized spacial score (nSPS) is 31.0. The second-order valence-electron chi connectivity index (χ2n) is 4.71. The molecule has 2 atom stereocenters. The van der Waals surface area contributed by atoms with E-state index in [0.29, 0.717) is 6.10 Å². The fraction of sp³-hybridized carbons (Fsp3) is 1.00. The van der Waals surface area contributed by atoms with Crippen LogP contribution >= 0.6 is 11.8 Å². The Kier molecular flexibility index (Phi) is 4.79. The molecule has 0 radical (unpaired) electrons. The minimum atomic E-state index is 0.486. The molecule has 1 aliphatic heterocycles. The lowest BCUT2D eigenvalue weighted by atomic mass is 10.3. The molecule has 0 aromatic heterocycles. The van der Waals surface area contributed by atoms with E-state index >= 15 is 0 Å². The molecule has 0 aromatic carbocycles. The largest absolute Gasteiger partial charge is 0.377 e. The molecular weight excluding hydrogens is 206 g/mol. The third kappa shape index (κ3) is 4.33. The molecule has 88 valence electrons. The van der Waals surface area contributed by atoms with Crippen LogP contribution in [0, 0.1) is 0 Å². The van der Waals surface area contributed by atoms with Crippen LogP contribution in [0.15, 0.2) is 0 Å². The van der Waals surface area contributed by atoms with E-state index in [2.05, 4.69) is 24.0 Å². The van der Waals surface area contributed by atoms with E-state index < -0.39 is 0 Å². The first-order valence-corrected chi connectivity index (χ1v) is 7.38. The van der Waals surface area contributed by atoms with Crippen LogP contribution in [0.3, 0.4) is 0 Å². The maximum Gasteiger partial charge on any atom is 0.0666 e. The third-order valence-corrected chi connectivity index (χ3v) is 4.79. The SMILES string of the molecule is CC1OCCC1SCCCCNC1CC1. The lowest BCUT2D eigenvalue weighted by Gasteiger charge is -2.13. The molecule has 1 aliphatic carbocycles. The summed E-state index contributed by atoms with van der Waals surface area (Å²) in [6, 6.07) is 0.876. The van der Waals surface area contributed by atoms with Gasteiger partial charge < -0.3 is 10.1 Å². The van der Waals surface area contributed by atoms with Crippen LogP contribution in [-0.4, -0.2) is 36.3 Å². The van der Waals surface area contributed by atoms with Gasteiger partial charge in [-0.1, -0.05) is 0 Å². The van der Waals surface area contributed by atoms with Gasteiger partial charge in [-0.25, -0.2) is 0 Å². The van der Waals surface area contributed by atoms with E-state index in [9.17, 15) is 0 Å². The van der Waals surface area contributed by atoms with Crippen molar-refractivity contribution in [2.24, 2.45) is 0 Å². The van der Waals surface area contributed by atoms with Gasteiger partial charge in [-0.05, 0) is 51.3 Å². The zero-order valence-corrected chi connectivity index (χ0v) is 10.5. The first-order valence-electron chi connectivity index (χ1n) is 6.33. The Morgan fingerprint density at radius 3 is 2.80 bits per heavy atom. The summed E-state index contributed by atoms with van der Waals surface area (Å²) >= 11 is 2.11. The third-order valence-electron chi connectivity index (χ3n) is 3.22. The van der Waals surface area contributed by atoms with Gasteiger partial charge in [0.2, 0.25) is 0 Å². The average Bonchev–Trinajstić information content (AvgIpc) is 2.96. The number of ether oxygens (including phenoxy) is 1. The smallest absolute Gasteiger partial charge is 0.0666 e. The molecule has 2 rings (SSSR count). The molecule has 1 saturated carbocycles. The number of unbranched alkanes of at least 4 members (excludes halogenated alkanes) is 1. The Morgan fingerprint density at radius 2 is 2.13 bits per heavy atom. The highest BCUT2D eigenvalue weighted by atomic mass is 32.2. The van der Waals surface area contributed by atoms with Crippen molar-refractivity contribution in [3.8, 4) is 0 Å². The van der Waals surface area contributed by atoms with E-state index in [0.717, 1.165) is 17.9 Å². The predicted octanol–water partition coefficient (Wildman–Crippen LogP) is 2.43. The van der Waals surface area contributed by atoms with Gasteiger partial charge in [0.25, 0.3) is 0 Å². The number of hydrogen-bond acceptors (Lipinski definition) is 3. The van der Waals surface area contributed by atoms with Crippen LogP contribution in [0.2, 0.25) is 0 Å². The minimum Gasteiger partial charge on any atom is -0.377 e. The highest BCUT2D eigenvalue weighted by Crippen LogP contribution is 2.26. The van der Waals surface area contributed by atoms with E-state index in [1.54, 1.807) is 0 Å². The molecule has 1 saturated heterocycles. The Hall–Kier alpha value is 0.270. The summed E-state index contributed by atoms with van der Waals surface area (Å²) in [7, 11) is 0. The topological polar surface area (TPSA) is 21.3 Å². The Morgan fingerprint density at radius 1 is 1.27 bits per heavy atom. The van der Waals surface area contributed by atoms with Crippen LogP contribution in [0.5, 0.6) is 0 Å². The predicted molar refractivity (Wildman–Crippen MR) is 66.5 cm³/mol. The van der Waals surface area contributed by atoms with Crippen molar-refractivity contribution in [2.45, 2.75) is 56.4 Å². The molecule has 1 heterocycles. The van der Waals surface area contributed by atoms with Gasteiger partial charge in [0.15, 0.2) is 0 Å². The number of thioether (sulfide) groups is 1. The second kappa shape index (κ2) is 6.12. The highest BCUT2D eigenvalue weighted by Gasteiger charge is 2.24. The highest BCUT2D eigenvalue weighted by molar-refractivity contribution is 7.99. The lowest BCUT2D eigenvalue weighted by molar-refractivity contribution is 0.127. The second-order valence-corrected chi connectivity index (χ2v) is 6.06. The summed E-state index contributed by atoms with van der Waals surface area (Å²) in [5.41, 5.74) is 0. The molecule has 3 heteroatoms. The monoisotopic (exact) mass is 229 g/mol. The molecule has 0 bridgehead atoms. The number of nitrogens with one attached hydrogen (secondary N) is 1. The summed E-state index contributed by atoms with van der Waals surface area (Å²) < 4.78 is 5.55. The minimum absolute atomic E-state index is 0.486. The first-order chi connectivity index (χ1) is 7.36. The molecule has 2 fully saturated rings. The molecule has 2 unspecified atom stereocenters. The molecule has 1 N–H and O–H groups in total. The molecular formula is C12H23NOS. The van der Waals surface area contributed by atoms with Gasteiger partial charge >= 0.3 is 0 Å². The molecule has 15 heavy (non-hydrogen) atoms. The van der Waals surface area contributed by atoms with Crippen molar-refractivity contribution < 1.29 is 4.74 Å². The van der Waals surface area contributed by atoms with E-state index in [-0.39, 0.29) is 0 Å². The quantitative estimate of drug-likeness (QED) is 0.678. The fourth-order valence-corrected chi connectivity index (χ4v) is 3.27. The van der Waals surface area contributed by atoms with Crippen molar-refractivity contribution >= 4 is 11.8 Å². The first kappa shape index (κ1) is 11.7. The summed E-state index contributed by atoms with van der Waals surface area (Å²) in [4.78, 5) is 0. The summed E-state index contributed by atoms with van der Waals surface area (Å²) in [6.45, 7) is 4.41. The van der Waals surface area contributed by atoms with E-state index in [1.165, 1.54) is 44.4 Å². The van der Waals surface area contributed by atoms with Crippen molar-refractivity contribution in [1.29, 1.82) is 0 Å².